The van der Waals surface area contributed by atoms with Crippen molar-refractivity contribution >= 4 is 17.4 Å². The fraction of sp³-hybridized carbons (Fsp3) is 0.304. The lowest BCUT2D eigenvalue weighted by Gasteiger charge is -2.35. The zero-order valence-corrected chi connectivity index (χ0v) is 15.8. The van der Waals surface area contributed by atoms with Crippen molar-refractivity contribution in [2.45, 2.75) is 38.1 Å². The lowest BCUT2D eigenvalue weighted by atomic mass is 9.93. The number of carboxylic acids is 1. The Bertz CT molecular complexity index is 884. The van der Waals surface area contributed by atoms with Gasteiger partial charge in [-0.2, -0.15) is 0 Å². The minimum Gasteiger partial charge on any atom is -0.507 e. The molecule has 0 bridgehead atoms. The van der Waals surface area contributed by atoms with E-state index in [1.54, 1.807) is 24.3 Å². The maximum atomic E-state index is 12.8. The minimum atomic E-state index is -1.17. The number of anilines is 1. The number of aromatic carboxylic acids is 1. The van der Waals surface area contributed by atoms with Gasteiger partial charge in [0.15, 0.2) is 5.78 Å². The number of phenols is 1. The Hall–Kier alpha value is -3.08. The average molecular weight is 379 g/mol. The quantitative estimate of drug-likeness (QED) is 0.541. The normalized spacial score (nSPS) is 14.4. The largest absolute Gasteiger partial charge is 0.507 e. The van der Waals surface area contributed by atoms with Gasteiger partial charge in [0.2, 0.25) is 0 Å². The third-order valence-electron chi connectivity index (χ3n) is 5.30. The molecule has 0 radical (unpaired) electrons. The minimum absolute atomic E-state index is 0.0632. The molecule has 0 spiro atoms. The molecule has 0 atom stereocenters. The molecule has 0 amide bonds. The summed E-state index contributed by atoms with van der Waals surface area (Å²) in [5.74, 6) is -1.82. The summed E-state index contributed by atoms with van der Waals surface area (Å²) in [6.07, 6.45) is 7.66. The third kappa shape index (κ3) is 4.09. The summed E-state index contributed by atoms with van der Waals surface area (Å²) in [6, 6.07) is 11.4. The Morgan fingerprint density at radius 3 is 2.32 bits per heavy atom. The molecule has 2 aromatic rings. The molecule has 1 aliphatic carbocycles. The van der Waals surface area contributed by atoms with Crippen LogP contribution >= 0.6 is 0 Å². The number of hydrogen-bond donors (Lipinski definition) is 2. The van der Waals surface area contributed by atoms with Gasteiger partial charge in [0, 0.05) is 29.9 Å². The molecule has 0 aromatic heterocycles. The van der Waals surface area contributed by atoms with E-state index in [0.29, 0.717) is 12.6 Å². The number of hydrogen-bond acceptors (Lipinski definition) is 4. The lowest BCUT2D eigenvalue weighted by Crippen LogP contribution is -2.37. The Morgan fingerprint density at radius 1 is 1.04 bits per heavy atom. The van der Waals surface area contributed by atoms with Crippen LogP contribution in [-0.4, -0.2) is 34.6 Å². The highest BCUT2D eigenvalue weighted by molar-refractivity contribution is 6.15. The van der Waals surface area contributed by atoms with E-state index in [0.717, 1.165) is 18.5 Å². The monoisotopic (exact) mass is 379 g/mol. The van der Waals surface area contributed by atoms with Crippen molar-refractivity contribution in [1.29, 1.82) is 0 Å². The van der Waals surface area contributed by atoms with E-state index < -0.39 is 11.8 Å². The zero-order valence-electron chi connectivity index (χ0n) is 15.8. The standard InChI is InChI=1S/C23H25NO4/c1-2-14-24(16-8-4-3-5-9-16)17-12-13-20(21(25)15-17)22(26)18-10-6-7-11-19(18)23(27)28/h2,6-7,10-13,15-16,25H,1,3-5,8-9,14H2,(H,27,28). The summed E-state index contributed by atoms with van der Waals surface area (Å²) in [6.45, 7) is 4.51. The number of phenolic OH excluding ortho intramolecular Hbond substituents is 1. The van der Waals surface area contributed by atoms with Crippen LogP contribution < -0.4 is 4.90 Å². The smallest absolute Gasteiger partial charge is 0.336 e. The third-order valence-corrected chi connectivity index (χ3v) is 5.30. The first kappa shape index (κ1) is 19.7. The van der Waals surface area contributed by atoms with E-state index in [4.69, 9.17) is 0 Å². The molecule has 5 heteroatoms. The Kier molecular flexibility index (Phi) is 6.14. The van der Waals surface area contributed by atoms with E-state index in [1.165, 1.54) is 31.4 Å². The van der Waals surface area contributed by atoms with E-state index in [2.05, 4.69) is 11.5 Å². The van der Waals surface area contributed by atoms with Crippen molar-refractivity contribution in [3.63, 3.8) is 0 Å². The molecule has 0 saturated heterocycles. The van der Waals surface area contributed by atoms with Crippen LogP contribution in [0.1, 0.15) is 58.4 Å². The van der Waals surface area contributed by atoms with Crippen LogP contribution in [0, 0.1) is 0 Å². The molecule has 0 aliphatic heterocycles. The van der Waals surface area contributed by atoms with Gasteiger partial charge in [0.05, 0.1) is 11.1 Å². The first-order chi connectivity index (χ1) is 13.5. The van der Waals surface area contributed by atoms with Gasteiger partial charge in [-0.1, -0.05) is 43.5 Å². The van der Waals surface area contributed by atoms with Crippen LogP contribution in [-0.2, 0) is 0 Å². The molecule has 0 unspecified atom stereocenters. The van der Waals surface area contributed by atoms with Crippen molar-refractivity contribution in [2.75, 3.05) is 11.4 Å². The molecule has 0 heterocycles. The Morgan fingerprint density at radius 2 is 1.71 bits per heavy atom. The van der Waals surface area contributed by atoms with Crippen molar-refractivity contribution in [3.8, 4) is 5.75 Å². The number of rotatable bonds is 7. The molecule has 1 fully saturated rings. The van der Waals surface area contributed by atoms with E-state index >= 15 is 0 Å². The van der Waals surface area contributed by atoms with Gasteiger partial charge in [-0.3, -0.25) is 4.79 Å². The number of ketones is 1. The first-order valence-corrected chi connectivity index (χ1v) is 9.60. The highest BCUT2D eigenvalue weighted by Gasteiger charge is 2.24. The van der Waals surface area contributed by atoms with Crippen LogP contribution in [0.15, 0.2) is 55.1 Å². The summed E-state index contributed by atoms with van der Waals surface area (Å²) in [5, 5.41) is 19.9. The SMILES string of the molecule is C=CCN(c1ccc(C(=O)c2ccccc2C(=O)O)c(O)c1)C1CCCCC1. The second kappa shape index (κ2) is 8.74. The van der Waals surface area contributed by atoms with Crippen LogP contribution in [0.5, 0.6) is 5.75 Å². The first-order valence-electron chi connectivity index (χ1n) is 9.60. The average Bonchev–Trinajstić information content (AvgIpc) is 2.72. The maximum absolute atomic E-state index is 12.8. The van der Waals surface area contributed by atoms with Gasteiger partial charge in [-0.05, 0) is 31.0 Å². The van der Waals surface area contributed by atoms with Crippen molar-refractivity contribution in [1.82, 2.24) is 0 Å². The zero-order chi connectivity index (χ0) is 20.1. The molecule has 2 aromatic carbocycles. The summed E-state index contributed by atoms with van der Waals surface area (Å²) in [7, 11) is 0. The molecule has 3 rings (SSSR count). The lowest BCUT2D eigenvalue weighted by molar-refractivity contribution is 0.0692. The highest BCUT2D eigenvalue weighted by atomic mass is 16.4. The highest BCUT2D eigenvalue weighted by Crippen LogP contribution is 2.32. The van der Waals surface area contributed by atoms with Gasteiger partial charge in [0.1, 0.15) is 5.75 Å². The molecule has 1 saturated carbocycles. The fourth-order valence-electron chi connectivity index (χ4n) is 3.90. The Balaban J connectivity index is 1.92. The van der Waals surface area contributed by atoms with E-state index in [9.17, 15) is 19.8 Å². The fourth-order valence-corrected chi connectivity index (χ4v) is 3.90. The van der Waals surface area contributed by atoms with Crippen LogP contribution in [0.2, 0.25) is 0 Å². The van der Waals surface area contributed by atoms with Crippen molar-refractivity contribution in [2.24, 2.45) is 0 Å². The molecular weight excluding hydrogens is 354 g/mol. The van der Waals surface area contributed by atoms with E-state index in [-0.39, 0.29) is 22.4 Å². The summed E-state index contributed by atoms with van der Waals surface area (Å²) >= 11 is 0. The Labute approximate surface area is 164 Å². The van der Waals surface area contributed by atoms with Crippen LogP contribution in [0.3, 0.4) is 0 Å². The van der Waals surface area contributed by atoms with Gasteiger partial charge in [-0.15, -0.1) is 6.58 Å². The summed E-state index contributed by atoms with van der Waals surface area (Å²) < 4.78 is 0. The van der Waals surface area contributed by atoms with Crippen LogP contribution in [0.25, 0.3) is 0 Å². The molecule has 1 aliphatic rings. The molecule has 5 nitrogen and oxygen atoms in total. The topological polar surface area (TPSA) is 77.8 Å². The summed E-state index contributed by atoms with van der Waals surface area (Å²) in [4.78, 5) is 26.5. The predicted octanol–water partition coefficient (Wildman–Crippen LogP) is 4.65. The predicted molar refractivity (Wildman–Crippen MR) is 109 cm³/mol. The number of carboxylic acid groups (broad SMARTS) is 1. The van der Waals surface area contributed by atoms with Crippen molar-refractivity contribution < 1.29 is 19.8 Å². The molecule has 146 valence electrons. The molecular formula is C23H25NO4. The number of carbonyl (C=O) groups excluding carboxylic acids is 1. The van der Waals surface area contributed by atoms with Gasteiger partial charge >= 0.3 is 5.97 Å². The summed E-state index contributed by atoms with van der Waals surface area (Å²) in [5.41, 5.74) is 0.923. The molecule has 28 heavy (non-hydrogen) atoms. The number of benzene rings is 2. The number of carbonyl (C=O) groups is 2. The number of nitrogens with zero attached hydrogens (tertiary/aromatic N) is 1. The van der Waals surface area contributed by atoms with Crippen molar-refractivity contribution in [3.05, 3.63) is 71.8 Å². The number of aromatic hydroxyl groups is 1. The van der Waals surface area contributed by atoms with Crippen LogP contribution in [0.4, 0.5) is 5.69 Å². The second-order valence-electron chi connectivity index (χ2n) is 7.11. The van der Waals surface area contributed by atoms with Gasteiger partial charge < -0.3 is 15.1 Å². The van der Waals surface area contributed by atoms with E-state index in [1.807, 2.05) is 12.1 Å². The maximum Gasteiger partial charge on any atom is 0.336 e. The van der Waals surface area contributed by atoms with Gasteiger partial charge in [-0.25, -0.2) is 4.79 Å². The van der Waals surface area contributed by atoms with Gasteiger partial charge in [0.25, 0.3) is 0 Å². The second-order valence-corrected chi connectivity index (χ2v) is 7.11. The molecule has 2 N–H and O–H groups in total.